The van der Waals surface area contributed by atoms with Crippen LogP contribution >= 0.6 is 0 Å². The average Bonchev–Trinajstić information content (AvgIpc) is 2.55. The lowest BCUT2D eigenvalue weighted by atomic mass is 10.2. The number of aryl methyl sites for hydroxylation is 2. The smallest absolute Gasteiger partial charge is 0.222 e. The van der Waals surface area contributed by atoms with Gasteiger partial charge in [-0.3, -0.25) is 0 Å². The SMILES string of the molecule is CNCc1c(C)nn(C)c1Oc1cc(F)cc(F)c1. The number of nitrogens with zero attached hydrogens (tertiary/aromatic N) is 2. The molecule has 2 rings (SSSR count). The molecule has 0 fully saturated rings. The molecule has 0 radical (unpaired) electrons. The molecule has 0 atom stereocenters. The van der Waals surface area contributed by atoms with Gasteiger partial charge in [-0.15, -0.1) is 0 Å². The maximum Gasteiger partial charge on any atom is 0.222 e. The molecule has 0 saturated carbocycles. The van der Waals surface area contributed by atoms with Crippen molar-refractivity contribution in [1.82, 2.24) is 15.1 Å². The molecular weight excluding hydrogens is 252 g/mol. The van der Waals surface area contributed by atoms with E-state index in [9.17, 15) is 8.78 Å². The molecule has 1 aromatic carbocycles. The summed E-state index contributed by atoms with van der Waals surface area (Å²) < 4.78 is 33.4. The van der Waals surface area contributed by atoms with Crippen LogP contribution in [-0.2, 0) is 13.6 Å². The predicted octanol–water partition coefficient (Wildman–Crippen LogP) is 2.52. The standard InChI is InChI=1S/C13H15F2N3O/c1-8-12(7-16-2)13(18(3)17-8)19-11-5-9(14)4-10(15)6-11/h4-6,16H,7H2,1-3H3. The second-order valence-electron chi connectivity index (χ2n) is 4.23. The Morgan fingerprint density at radius 3 is 2.47 bits per heavy atom. The van der Waals surface area contributed by atoms with Crippen molar-refractivity contribution in [2.45, 2.75) is 13.5 Å². The zero-order chi connectivity index (χ0) is 14.0. The third-order valence-electron chi connectivity index (χ3n) is 2.69. The summed E-state index contributed by atoms with van der Waals surface area (Å²) in [6.07, 6.45) is 0. The van der Waals surface area contributed by atoms with Crippen molar-refractivity contribution in [2.24, 2.45) is 7.05 Å². The number of hydrogen-bond acceptors (Lipinski definition) is 3. The Bertz CT molecular complexity index is 576. The van der Waals surface area contributed by atoms with Crippen molar-refractivity contribution >= 4 is 0 Å². The Labute approximate surface area is 110 Å². The summed E-state index contributed by atoms with van der Waals surface area (Å²) >= 11 is 0. The fourth-order valence-electron chi connectivity index (χ4n) is 1.89. The van der Waals surface area contributed by atoms with E-state index in [2.05, 4.69) is 10.4 Å². The third kappa shape index (κ3) is 2.90. The van der Waals surface area contributed by atoms with Crippen LogP contribution in [0.3, 0.4) is 0 Å². The van der Waals surface area contributed by atoms with Crippen LogP contribution in [-0.4, -0.2) is 16.8 Å². The molecule has 19 heavy (non-hydrogen) atoms. The average molecular weight is 267 g/mol. The van der Waals surface area contributed by atoms with Gasteiger partial charge in [0.05, 0.1) is 11.3 Å². The molecule has 0 spiro atoms. The molecule has 0 saturated heterocycles. The minimum absolute atomic E-state index is 0.109. The quantitative estimate of drug-likeness (QED) is 0.925. The first-order valence-corrected chi connectivity index (χ1v) is 5.82. The largest absolute Gasteiger partial charge is 0.439 e. The Kier molecular flexibility index (Phi) is 3.80. The number of aromatic nitrogens is 2. The topological polar surface area (TPSA) is 39.1 Å². The van der Waals surface area contributed by atoms with E-state index in [1.807, 2.05) is 6.92 Å². The second-order valence-corrected chi connectivity index (χ2v) is 4.23. The highest BCUT2D eigenvalue weighted by atomic mass is 19.1. The first kappa shape index (κ1) is 13.5. The summed E-state index contributed by atoms with van der Waals surface area (Å²) in [5, 5.41) is 7.24. The van der Waals surface area contributed by atoms with Gasteiger partial charge in [-0.05, 0) is 14.0 Å². The highest BCUT2D eigenvalue weighted by Gasteiger charge is 2.15. The molecule has 0 bridgehead atoms. The highest BCUT2D eigenvalue weighted by Crippen LogP contribution is 2.28. The summed E-state index contributed by atoms with van der Waals surface area (Å²) in [7, 11) is 3.52. The molecule has 1 N–H and O–H groups in total. The van der Waals surface area contributed by atoms with Gasteiger partial charge in [0.2, 0.25) is 5.88 Å². The second kappa shape index (κ2) is 5.36. The molecule has 2 aromatic rings. The number of halogens is 2. The van der Waals surface area contributed by atoms with Gasteiger partial charge in [-0.1, -0.05) is 0 Å². The molecule has 0 aliphatic heterocycles. The molecule has 0 amide bonds. The highest BCUT2D eigenvalue weighted by molar-refractivity contribution is 5.36. The van der Waals surface area contributed by atoms with Crippen molar-refractivity contribution in [1.29, 1.82) is 0 Å². The van der Waals surface area contributed by atoms with E-state index in [4.69, 9.17) is 4.74 Å². The summed E-state index contributed by atoms with van der Waals surface area (Å²) in [6, 6.07) is 3.07. The van der Waals surface area contributed by atoms with Gasteiger partial charge in [0.25, 0.3) is 0 Å². The molecule has 0 unspecified atom stereocenters. The zero-order valence-electron chi connectivity index (χ0n) is 11.0. The van der Waals surface area contributed by atoms with Crippen molar-refractivity contribution in [3.05, 3.63) is 41.1 Å². The molecule has 0 aliphatic carbocycles. The van der Waals surface area contributed by atoms with Gasteiger partial charge in [-0.25, -0.2) is 13.5 Å². The van der Waals surface area contributed by atoms with Gasteiger partial charge in [-0.2, -0.15) is 5.10 Å². The van der Waals surface area contributed by atoms with E-state index in [-0.39, 0.29) is 5.75 Å². The number of nitrogens with one attached hydrogen (secondary N) is 1. The van der Waals surface area contributed by atoms with Gasteiger partial charge in [0.15, 0.2) is 0 Å². The van der Waals surface area contributed by atoms with Crippen molar-refractivity contribution in [2.75, 3.05) is 7.05 Å². The summed E-state index contributed by atoms with van der Waals surface area (Å²) in [5.41, 5.74) is 1.67. The lowest BCUT2D eigenvalue weighted by Gasteiger charge is -2.09. The van der Waals surface area contributed by atoms with Crippen LogP contribution in [0.5, 0.6) is 11.6 Å². The first-order chi connectivity index (χ1) is 9.01. The molecule has 0 aliphatic rings. The van der Waals surface area contributed by atoms with Gasteiger partial charge < -0.3 is 10.1 Å². The van der Waals surface area contributed by atoms with Gasteiger partial charge >= 0.3 is 0 Å². The van der Waals surface area contributed by atoms with Crippen LogP contribution < -0.4 is 10.1 Å². The monoisotopic (exact) mass is 267 g/mol. The number of hydrogen-bond donors (Lipinski definition) is 1. The van der Waals surface area contributed by atoms with Crippen LogP contribution in [0.15, 0.2) is 18.2 Å². The Morgan fingerprint density at radius 1 is 1.26 bits per heavy atom. The van der Waals surface area contributed by atoms with E-state index in [1.165, 1.54) is 0 Å². The summed E-state index contributed by atoms with van der Waals surface area (Å²) in [6.45, 7) is 2.42. The van der Waals surface area contributed by atoms with Crippen molar-refractivity contribution < 1.29 is 13.5 Å². The molecule has 1 heterocycles. The lowest BCUT2D eigenvalue weighted by molar-refractivity contribution is 0.417. The van der Waals surface area contributed by atoms with Crippen LogP contribution in [0.2, 0.25) is 0 Å². The van der Waals surface area contributed by atoms with E-state index in [0.29, 0.717) is 12.4 Å². The maximum absolute atomic E-state index is 13.1. The van der Waals surface area contributed by atoms with E-state index in [0.717, 1.165) is 29.5 Å². The Morgan fingerprint density at radius 2 is 1.89 bits per heavy atom. The molecular formula is C13H15F2N3O. The Balaban J connectivity index is 2.37. The lowest BCUT2D eigenvalue weighted by Crippen LogP contribution is -2.07. The van der Waals surface area contributed by atoms with E-state index < -0.39 is 11.6 Å². The third-order valence-corrected chi connectivity index (χ3v) is 2.69. The fourth-order valence-corrected chi connectivity index (χ4v) is 1.89. The maximum atomic E-state index is 13.1. The predicted molar refractivity (Wildman–Crippen MR) is 67.1 cm³/mol. The minimum Gasteiger partial charge on any atom is -0.439 e. The van der Waals surface area contributed by atoms with Crippen LogP contribution in [0.25, 0.3) is 0 Å². The molecule has 6 heteroatoms. The van der Waals surface area contributed by atoms with E-state index in [1.54, 1.807) is 18.8 Å². The van der Waals surface area contributed by atoms with Crippen LogP contribution in [0, 0.1) is 18.6 Å². The Hall–Kier alpha value is -1.95. The number of ether oxygens (including phenoxy) is 1. The normalized spacial score (nSPS) is 10.8. The van der Waals surface area contributed by atoms with E-state index >= 15 is 0 Å². The summed E-state index contributed by atoms with van der Waals surface area (Å²) in [4.78, 5) is 0. The summed E-state index contributed by atoms with van der Waals surface area (Å²) in [5.74, 6) is -0.775. The van der Waals surface area contributed by atoms with Crippen molar-refractivity contribution in [3.8, 4) is 11.6 Å². The van der Waals surface area contributed by atoms with Crippen LogP contribution in [0.4, 0.5) is 8.78 Å². The molecule has 1 aromatic heterocycles. The van der Waals surface area contributed by atoms with Gasteiger partial charge in [0, 0.05) is 31.8 Å². The molecule has 4 nitrogen and oxygen atoms in total. The number of benzene rings is 1. The molecule has 102 valence electrons. The van der Waals surface area contributed by atoms with Crippen molar-refractivity contribution in [3.63, 3.8) is 0 Å². The van der Waals surface area contributed by atoms with Gasteiger partial charge in [0.1, 0.15) is 17.4 Å². The minimum atomic E-state index is -0.677. The zero-order valence-corrected chi connectivity index (χ0v) is 11.0. The number of rotatable bonds is 4. The fraction of sp³-hybridized carbons (Fsp3) is 0.308. The first-order valence-electron chi connectivity index (χ1n) is 5.82. The van der Waals surface area contributed by atoms with Crippen LogP contribution in [0.1, 0.15) is 11.3 Å².